The molecular formula is C14H13ClN2O3S2. The standard InChI is InChI=1S/C14H13ClN2O3S2/c15-10-5-1-2-7-13(10)22(19,20)17-16-14(18)12-8-9-4-3-6-11(9)21-12/h1-2,5,7-8,17H,3-4,6H2,(H,16,18). The Labute approximate surface area is 137 Å². The molecule has 8 heteroatoms. The van der Waals surface area contributed by atoms with Gasteiger partial charge >= 0.3 is 0 Å². The summed E-state index contributed by atoms with van der Waals surface area (Å²) in [7, 11) is -3.90. The van der Waals surface area contributed by atoms with Crippen LogP contribution in [0.1, 0.15) is 26.5 Å². The van der Waals surface area contributed by atoms with E-state index < -0.39 is 15.9 Å². The van der Waals surface area contributed by atoms with Crippen molar-refractivity contribution < 1.29 is 13.2 Å². The monoisotopic (exact) mass is 356 g/mol. The van der Waals surface area contributed by atoms with Crippen molar-refractivity contribution in [3.8, 4) is 0 Å². The van der Waals surface area contributed by atoms with E-state index in [1.165, 1.54) is 33.9 Å². The van der Waals surface area contributed by atoms with Crippen LogP contribution in [0.3, 0.4) is 0 Å². The number of benzene rings is 1. The molecule has 0 fully saturated rings. The highest BCUT2D eigenvalue weighted by atomic mass is 35.5. The van der Waals surface area contributed by atoms with E-state index in [2.05, 4.69) is 10.3 Å². The van der Waals surface area contributed by atoms with Gasteiger partial charge in [-0.2, -0.15) is 0 Å². The fourth-order valence-corrected chi connectivity index (χ4v) is 4.84. The largest absolute Gasteiger partial charge is 0.276 e. The number of fused-ring (bicyclic) bond motifs is 1. The minimum absolute atomic E-state index is 0.0781. The second-order valence-electron chi connectivity index (χ2n) is 4.90. The number of rotatable bonds is 4. The normalized spacial score (nSPS) is 13.9. The van der Waals surface area contributed by atoms with E-state index in [0.29, 0.717) is 4.88 Å². The number of halogens is 1. The Kier molecular flexibility index (Phi) is 4.22. The van der Waals surface area contributed by atoms with E-state index >= 15 is 0 Å². The van der Waals surface area contributed by atoms with Gasteiger partial charge in [0.05, 0.1) is 9.90 Å². The number of carbonyl (C=O) groups is 1. The summed E-state index contributed by atoms with van der Waals surface area (Å²) in [6.07, 6.45) is 3.07. The quantitative estimate of drug-likeness (QED) is 0.826. The molecule has 1 amide bonds. The average Bonchev–Trinajstić information content (AvgIpc) is 3.06. The first kappa shape index (κ1) is 15.5. The molecule has 0 unspecified atom stereocenters. The number of hydrogen-bond donors (Lipinski definition) is 2. The minimum Gasteiger partial charge on any atom is -0.273 e. The molecule has 1 aliphatic carbocycles. The molecule has 0 spiro atoms. The van der Waals surface area contributed by atoms with Crippen molar-refractivity contribution in [3.05, 3.63) is 50.7 Å². The van der Waals surface area contributed by atoms with E-state index in [1.807, 2.05) is 6.07 Å². The highest BCUT2D eigenvalue weighted by Crippen LogP contribution is 2.30. The second-order valence-corrected chi connectivity index (χ2v) is 8.10. The molecule has 3 rings (SSSR count). The van der Waals surface area contributed by atoms with Gasteiger partial charge in [-0.3, -0.25) is 10.2 Å². The van der Waals surface area contributed by atoms with E-state index in [1.54, 1.807) is 12.1 Å². The third kappa shape index (κ3) is 3.03. The van der Waals surface area contributed by atoms with Crippen molar-refractivity contribution in [3.63, 3.8) is 0 Å². The maximum atomic E-state index is 12.1. The Morgan fingerprint density at radius 2 is 2.00 bits per heavy atom. The first-order chi connectivity index (χ1) is 10.5. The Hall–Kier alpha value is -1.41. The average molecular weight is 357 g/mol. The van der Waals surface area contributed by atoms with E-state index in [4.69, 9.17) is 11.6 Å². The van der Waals surface area contributed by atoms with Crippen LogP contribution in [0.15, 0.2) is 35.2 Å². The molecule has 5 nitrogen and oxygen atoms in total. The van der Waals surface area contributed by atoms with Crippen molar-refractivity contribution in [1.29, 1.82) is 0 Å². The molecule has 1 aromatic heterocycles. The summed E-state index contributed by atoms with van der Waals surface area (Å²) in [6.45, 7) is 0. The summed E-state index contributed by atoms with van der Waals surface area (Å²) in [5.41, 5.74) is 3.41. The van der Waals surface area contributed by atoms with E-state index in [0.717, 1.165) is 19.3 Å². The summed E-state index contributed by atoms with van der Waals surface area (Å²) in [4.78, 5) is 15.8. The van der Waals surface area contributed by atoms with Gasteiger partial charge in [0.1, 0.15) is 4.90 Å². The lowest BCUT2D eigenvalue weighted by Crippen LogP contribution is -2.41. The van der Waals surface area contributed by atoms with Crippen LogP contribution in [0.4, 0.5) is 0 Å². The molecule has 0 aliphatic heterocycles. The summed E-state index contributed by atoms with van der Waals surface area (Å²) < 4.78 is 24.2. The van der Waals surface area contributed by atoms with Crippen molar-refractivity contribution in [2.75, 3.05) is 0 Å². The van der Waals surface area contributed by atoms with Crippen LogP contribution in [0.5, 0.6) is 0 Å². The molecule has 0 radical (unpaired) electrons. The Balaban J connectivity index is 1.71. The molecule has 22 heavy (non-hydrogen) atoms. The highest BCUT2D eigenvalue weighted by molar-refractivity contribution is 7.89. The fraction of sp³-hybridized carbons (Fsp3) is 0.214. The number of nitrogens with one attached hydrogen (secondary N) is 2. The third-order valence-corrected chi connectivity index (χ3v) is 6.38. The zero-order valence-corrected chi connectivity index (χ0v) is 13.8. The number of aryl methyl sites for hydroxylation is 2. The first-order valence-corrected chi connectivity index (χ1v) is 9.33. The maximum absolute atomic E-state index is 12.1. The number of sulfonamides is 1. The highest BCUT2D eigenvalue weighted by Gasteiger charge is 2.21. The molecule has 2 N–H and O–H groups in total. The van der Waals surface area contributed by atoms with Gasteiger partial charge in [0, 0.05) is 4.88 Å². The lowest BCUT2D eigenvalue weighted by molar-refractivity contribution is 0.0949. The molecule has 0 bridgehead atoms. The zero-order chi connectivity index (χ0) is 15.7. The van der Waals surface area contributed by atoms with Crippen LogP contribution in [0.2, 0.25) is 5.02 Å². The summed E-state index contributed by atoms with van der Waals surface area (Å²) in [5, 5.41) is 0.0966. The van der Waals surface area contributed by atoms with Crippen LogP contribution >= 0.6 is 22.9 Å². The van der Waals surface area contributed by atoms with Gasteiger partial charge < -0.3 is 0 Å². The molecule has 0 saturated heterocycles. The van der Waals surface area contributed by atoms with Crippen LogP contribution in [0.25, 0.3) is 0 Å². The summed E-state index contributed by atoms with van der Waals surface area (Å²) in [6, 6.07) is 7.86. The van der Waals surface area contributed by atoms with Crippen LogP contribution < -0.4 is 10.3 Å². The van der Waals surface area contributed by atoms with Gasteiger partial charge in [-0.1, -0.05) is 23.7 Å². The maximum Gasteiger partial charge on any atom is 0.276 e. The lowest BCUT2D eigenvalue weighted by Gasteiger charge is -2.08. The Bertz CT molecular complexity index is 809. The Morgan fingerprint density at radius 1 is 1.23 bits per heavy atom. The number of carbonyl (C=O) groups excluding carboxylic acids is 1. The van der Waals surface area contributed by atoms with Gasteiger partial charge in [-0.25, -0.2) is 8.42 Å². The van der Waals surface area contributed by atoms with Gasteiger partial charge in [0.25, 0.3) is 15.9 Å². The topological polar surface area (TPSA) is 75.3 Å². The third-order valence-electron chi connectivity index (χ3n) is 3.40. The van der Waals surface area contributed by atoms with Crippen LogP contribution in [-0.2, 0) is 22.9 Å². The smallest absolute Gasteiger partial charge is 0.273 e. The van der Waals surface area contributed by atoms with Crippen molar-refractivity contribution in [2.24, 2.45) is 0 Å². The van der Waals surface area contributed by atoms with Gasteiger partial charge in [0.2, 0.25) is 0 Å². The second kappa shape index (κ2) is 6.00. The predicted octanol–water partition coefficient (Wildman–Crippen LogP) is 2.51. The first-order valence-electron chi connectivity index (χ1n) is 6.65. The summed E-state index contributed by atoms with van der Waals surface area (Å²) in [5.74, 6) is -0.463. The van der Waals surface area contributed by atoms with Crippen LogP contribution in [-0.4, -0.2) is 14.3 Å². The minimum atomic E-state index is -3.90. The number of amides is 1. The van der Waals surface area contributed by atoms with Gasteiger partial charge in [-0.15, -0.1) is 16.2 Å². The lowest BCUT2D eigenvalue weighted by atomic mass is 10.2. The van der Waals surface area contributed by atoms with Gasteiger partial charge in [0.15, 0.2) is 0 Å². The fourth-order valence-electron chi connectivity index (χ4n) is 2.33. The van der Waals surface area contributed by atoms with Crippen molar-refractivity contribution in [2.45, 2.75) is 24.2 Å². The molecule has 0 atom stereocenters. The van der Waals surface area contributed by atoms with E-state index in [-0.39, 0.29) is 9.92 Å². The number of hydrogen-bond acceptors (Lipinski definition) is 4. The number of hydrazine groups is 1. The molecule has 0 saturated carbocycles. The van der Waals surface area contributed by atoms with Crippen LogP contribution in [0, 0.1) is 0 Å². The summed E-state index contributed by atoms with van der Waals surface area (Å²) >= 11 is 7.27. The predicted molar refractivity (Wildman–Crippen MR) is 85.6 cm³/mol. The molecule has 2 aromatic rings. The molecule has 1 aromatic carbocycles. The molecule has 1 heterocycles. The van der Waals surface area contributed by atoms with Gasteiger partial charge in [-0.05, 0) is 43.0 Å². The van der Waals surface area contributed by atoms with E-state index in [9.17, 15) is 13.2 Å². The zero-order valence-electron chi connectivity index (χ0n) is 11.4. The molecule has 1 aliphatic rings. The van der Waals surface area contributed by atoms with Crippen molar-refractivity contribution in [1.82, 2.24) is 10.3 Å². The Morgan fingerprint density at radius 3 is 2.73 bits per heavy atom. The molecular weight excluding hydrogens is 344 g/mol. The van der Waals surface area contributed by atoms with Crippen molar-refractivity contribution >= 4 is 38.9 Å². The number of thiophene rings is 1. The molecule has 116 valence electrons. The SMILES string of the molecule is O=C(NNS(=O)(=O)c1ccccc1Cl)c1cc2c(s1)CCC2.